The van der Waals surface area contributed by atoms with Crippen LogP contribution in [-0.2, 0) is 4.79 Å². The standard InChI is InChI=1S/C10H15N3O2/c1-2-4-8(7-9(14)15)13-10-11-5-3-6-12-10/h3,5-6,8H,2,4,7H2,1H3,(H,14,15)(H,11,12,13). The maximum absolute atomic E-state index is 10.6. The number of carbonyl (C=O) groups is 1. The van der Waals surface area contributed by atoms with Gasteiger partial charge in [-0.2, -0.15) is 0 Å². The topological polar surface area (TPSA) is 75.1 Å². The Morgan fingerprint density at radius 3 is 2.73 bits per heavy atom. The van der Waals surface area contributed by atoms with E-state index in [0.29, 0.717) is 5.95 Å². The van der Waals surface area contributed by atoms with Crippen molar-refractivity contribution in [3.05, 3.63) is 18.5 Å². The largest absolute Gasteiger partial charge is 0.481 e. The number of aliphatic carboxylic acids is 1. The second-order valence-corrected chi connectivity index (χ2v) is 3.30. The zero-order valence-electron chi connectivity index (χ0n) is 8.68. The molecule has 5 heteroatoms. The third-order valence-corrected chi connectivity index (χ3v) is 1.96. The molecular weight excluding hydrogens is 194 g/mol. The van der Waals surface area contributed by atoms with Crippen LogP contribution >= 0.6 is 0 Å². The van der Waals surface area contributed by atoms with E-state index in [9.17, 15) is 4.79 Å². The van der Waals surface area contributed by atoms with Crippen LogP contribution in [0.15, 0.2) is 18.5 Å². The van der Waals surface area contributed by atoms with Crippen LogP contribution in [0.3, 0.4) is 0 Å². The lowest BCUT2D eigenvalue weighted by molar-refractivity contribution is -0.137. The first-order valence-electron chi connectivity index (χ1n) is 4.97. The molecule has 0 fully saturated rings. The van der Waals surface area contributed by atoms with Crippen molar-refractivity contribution in [2.24, 2.45) is 0 Å². The van der Waals surface area contributed by atoms with Crippen LogP contribution in [0.4, 0.5) is 5.95 Å². The van der Waals surface area contributed by atoms with Gasteiger partial charge in [-0.3, -0.25) is 4.79 Å². The van der Waals surface area contributed by atoms with Gasteiger partial charge in [0.15, 0.2) is 0 Å². The van der Waals surface area contributed by atoms with Gasteiger partial charge in [0, 0.05) is 18.4 Å². The lowest BCUT2D eigenvalue weighted by Crippen LogP contribution is -2.24. The van der Waals surface area contributed by atoms with Crippen molar-refractivity contribution < 1.29 is 9.90 Å². The van der Waals surface area contributed by atoms with E-state index in [1.165, 1.54) is 0 Å². The zero-order chi connectivity index (χ0) is 11.1. The fourth-order valence-electron chi connectivity index (χ4n) is 1.34. The molecule has 0 amide bonds. The van der Waals surface area contributed by atoms with Crippen molar-refractivity contribution in [3.8, 4) is 0 Å². The maximum Gasteiger partial charge on any atom is 0.305 e. The monoisotopic (exact) mass is 209 g/mol. The number of nitrogens with one attached hydrogen (secondary N) is 1. The first-order valence-corrected chi connectivity index (χ1v) is 4.97. The summed E-state index contributed by atoms with van der Waals surface area (Å²) in [7, 11) is 0. The van der Waals surface area contributed by atoms with Crippen LogP contribution < -0.4 is 5.32 Å². The van der Waals surface area contributed by atoms with Crippen molar-refractivity contribution in [1.82, 2.24) is 9.97 Å². The van der Waals surface area contributed by atoms with Crippen LogP contribution in [0.5, 0.6) is 0 Å². The number of anilines is 1. The quantitative estimate of drug-likeness (QED) is 0.743. The molecule has 0 spiro atoms. The number of carboxylic acids is 1. The lowest BCUT2D eigenvalue weighted by Gasteiger charge is -2.15. The van der Waals surface area contributed by atoms with E-state index in [1.807, 2.05) is 6.92 Å². The van der Waals surface area contributed by atoms with E-state index in [0.717, 1.165) is 12.8 Å². The molecule has 15 heavy (non-hydrogen) atoms. The van der Waals surface area contributed by atoms with Crippen LogP contribution in [0, 0.1) is 0 Å². The van der Waals surface area contributed by atoms with Gasteiger partial charge < -0.3 is 10.4 Å². The fourth-order valence-corrected chi connectivity index (χ4v) is 1.34. The summed E-state index contributed by atoms with van der Waals surface area (Å²) in [6.45, 7) is 2.02. The Balaban J connectivity index is 2.54. The smallest absolute Gasteiger partial charge is 0.305 e. The summed E-state index contributed by atoms with van der Waals surface area (Å²) >= 11 is 0. The Bertz CT molecular complexity index is 303. The minimum atomic E-state index is -0.808. The minimum absolute atomic E-state index is 0.0894. The van der Waals surface area contributed by atoms with Gasteiger partial charge in [-0.05, 0) is 12.5 Å². The van der Waals surface area contributed by atoms with Gasteiger partial charge in [0.05, 0.1) is 6.42 Å². The molecule has 0 saturated carbocycles. The molecule has 82 valence electrons. The third kappa shape index (κ3) is 4.39. The molecule has 5 nitrogen and oxygen atoms in total. The summed E-state index contributed by atoms with van der Waals surface area (Å²) in [6, 6.07) is 1.62. The average molecular weight is 209 g/mol. The molecule has 1 aromatic heterocycles. The number of carboxylic acid groups (broad SMARTS) is 1. The minimum Gasteiger partial charge on any atom is -0.481 e. The highest BCUT2D eigenvalue weighted by atomic mass is 16.4. The Kier molecular flexibility index (Phi) is 4.53. The number of aromatic nitrogens is 2. The van der Waals surface area contributed by atoms with Crippen LogP contribution in [-0.4, -0.2) is 27.1 Å². The number of nitrogens with zero attached hydrogens (tertiary/aromatic N) is 2. The molecule has 0 aromatic carbocycles. The van der Waals surface area contributed by atoms with E-state index in [-0.39, 0.29) is 12.5 Å². The molecule has 2 N–H and O–H groups in total. The predicted octanol–water partition coefficient (Wildman–Crippen LogP) is 1.53. The first-order chi connectivity index (χ1) is 7.22. The fraction of sp³-hybridized carbons (Fsp3) is 0.500. The van der Waals surface area contributed by atoms with E-state index in [2.05, 4.69) is 15.3 Å². The Morgan fingerprint density at radius 2 is 2.20 bits per heavy atom. The summed E-state index contributed by atoms with van der Waals surface area (Å²) in [6.07, 6.45) is 5.06. The van der Waals surface area contributed by atoms with Crippen molar-refractivity contribution in [2.45, 2.75) is 32.2 Å². The number of rotatable bonds is 6. The average Bonchev–Trinajstić information content (AvgIpc) is 2.18. The van der Waals surface area contributed by atoms with Crippen molar-refractivity contribution in [3.63, 3.8) is 0 Å². The highest BCUT2D eigenvalue weighted by Gasteiger charge is 2.12. The van der Waals surface area contributed by atoms with Crippen LogP contribution in [0.2, 0.25) is 0 Å². The van der Waals surface area contributed by atoms with Gasteiger partial charge in [-0.15, -0.1) is 0 Å². The second-order valence-electron chi connectivity index (χ2n) is 3.30. The van der Waals surface area contributed by atoms with Gasteiger partial charge in [-0.1, -0.05) is 13.3 Å². The Hall–Kier alpha value is -1.65. The highest BCUT2D eigenvalue weighted by Crippen LogP contribution is 2.07. The molecule has 1 unspecified atom stereocenters. The van der Waals surface area contributed by atoms with Gasteiger partial charge in [0.25, 0.3) is 0 Å². The van der Waals surface area contributed by atoms with Gasteiger partial charge >= 0.3 is 5.97 Å². The highest BCUT2D eigenvalue weighted by molar-refractivity contribution is 5.68. The molecule has 0 radical (unpaired) electrons. The number of hydrogen-bond acceptors (Lipinski definition) is 4. The van der Waals surface area contributed by atoms with Crippen molar-refractivity contribution in [1.29, 1.82) is 0 Å². The second kappa shape index (κ2) is 5.95. The molecule has 1 atom stereocenters. The van der Waals surface area contributed by atoms with Crippen LogP contribution in [0.1, 0.15) is 26.2 Å². The van der Waals surface area contributed by atoms with Gasteiger partial charge in [0.2, 0.25) is 5.95 Å². The molecular formula is C10H15N3O2. The lowest BCUT2D eigenvalue weighted by atomic mass is 10.1. The molecule has 0 aliphatic carbocycles. The third-order valence-electron chi connectivity index (χ3n) is 1.96. The van der Waals surface area contributed by atoms with Gasteiger partial charge in [0.1, 0.15) is 0 Å². The van der Waals surface area contributed by atoms with Crippen molar-refractivity contribution in [2.75, 3.05) is 5.32 Å². The maximum atomic E-state index is 10.6. The molecule has 0 aliphatic heterocycles. The summed E-state index contributed by atoms with van der Waals surface area (Å²) in [5, 5.41) is 11.7. The zero-order valence-corrected chi connectivity index (χ0v) is 8.68. The van der Waals surface area contributed by atoms with Crippen molar-refractivity contribution >= 4 is 11.9 Å². The summed E-state index contributed by atoms with van der Waals surface area (Å²) < 4.78 is 0. The molecule has 1 aromatic rings. The molecule has 0 aliphatic rings. The summed E-state index contributed by atoms with van der Waals surface area (Å²) in [5.41, 5.74) is 0. The first kappa shape index (κ1) is 11.4. The van der Waals surface area contributed by atoms with Gasteiger partial charge in [-0.25, -0.2) is 9.97 Å². The summed E-state index contributed by atoms with van der Waals surface area (Å²) in [5.74, 6) is -0.325. The van der Waals surface area contributed by atoms with E-state index >= 15 is 0 Å². The van der Waals surface area contributed by atoms with E-state index < -0.39 is 5.97 Å². The molecule has 0 bridgehead atoms. The molecule has 1 rings (SSSR count). The molecule has 1 heterocycles. The SMILES string of the molecule is CCCC(CC(=O)O)Nc1ncccn1. The molecule has 0 saturated heterocycles. The predicted molar refractivity (Wildman–Crippen MR) is 56.6 cm³/mol. The number of hydrogen-bond donors (Lipinski definition) is 2. The normalized spacial score (nSPS) is 12.1. The summed E-state index contributed by atoms with van der Waals surface area (Å²) in [4.78, 5) is 18.6. The Labute approximate surface area is 88.6 Å². The Morgan fingerprint density at radius 1 is 1.53 bits per heavy atom. The van der Waals surface area contributed by atoms with E-state index in [4.69, 9.17) is 5.11 Å². The van der Waals surface area contributed by atoms with E-state index in [1.54, 1.807) is 18.5 Å². The van der Waals surface area contributed by atoms with Crippen LogP contribution in [0.25, 0.3) is 0 Å².